The fraction of sp³-hybridized carbons (Fsp3) is 0.917. The number of nitrogens with zero attached hydrogens (tertiary/aromatic N) is 1. The third kappa shape index (κ3) is 9.93. The molecule has 0 bridgehead atoms. The van der Waals surface area contributed by atoms with E-state index in [1.165, 1.54) is 12.8 Å². The fourth-order valence-electron chi connectivity index (χ4n) is 1.59. The second-order valence-electron chi connectivity index (χ2n) is 4.25. The molecule has 96 valence electrons. The summed E-state index contributed by atoms with van der Waals surface area (Å²) in [5.74, 6) is 0.143. The Hall–Kier alpha value is -0.610. The second kappa shape index (κ2) is 10.9. The topological polar surface area (TPSA) is 44.4 Å². The van der Waals surface area contributed by atoms with E-state index in [1.54, 1.807) is 0 Å². The highest BCUT2D eigenvalue weighted by Gasteiger charge is 2.04. The normalized spacial score (nSPS) is 10.8. The molecule has 0 aliphatic heterocycles. The van der Waals surface area contributed by atoms with Gasteiger partial charge in [0.1, 0.15) is 0 Å². The number of nitrogens with one attached hydrogen (secondary N) is 2. The van der Waals surface area contributed by atoms with Crippen LogP contribution in [0.2, 0.25) is 0 Å². The van der Waals surface area contributed by atoms with Gasteiger partial charge in [-0.15, -0.1) is 0 Å². The van der Waals surface area contributed by atoms with E-state index in [1.807, 2.05) is 14.1 Å². The molecule has 4 heteroatoms. The minimum absolute atomic E-state index is 0.143. The van der Waals surface area contributed by atoms with Crippen LogP contribution in [0.15, 0.2) is 0 Å². The predicted molar refractivity (Wildman–Crippen MR) is 68.6 cm³/mol. The van der Waals surface area contributed by atoms with Gasteiger partial charge in [0.05, 0.1) is 6.54 Å². The van der Waals surface area contributed by atoms with E-state index >= 15 is 0 Å². The summed E-state index contributed by atoms with van der Waals surface area (Å²) in [4.78, 5) is 13.5. The van der Waals surface area contributed by atoms with Crippen molar-refractivity contribution in [3.8, 4) is 0 Å². The van der Waals surface area contributed by atoms with Gasteiger partial charge in [-0.05, 0) is 46.4 Å². The molecule has 0 saturated carbocycles. The van der Waals surface area contributed by atoms with Crippen molar-refractivity contribution in [3.05, 3.63) is 0 Å². The number of amides is 1. The molecule has 0 rings (SSSR count). The molecule has 0 aliphatic carbocycles. The van der Waals surface area contributed by atoms with Crippen LogP contribution in [0.25, 0.3) is 0 Å². The largest absolute Gasteiger partial charge is 0.355 e. The van der Waals surface area contributed by atoms with Crippen LogP contribution in [-0.2, 0) is 4.79 Å². The molecule has 0 saturated heterocycles. The number of hydrogen-bond acceptors (Lipinski definition) is 3. The molecule has 0 aromatic heterocycles. The summed E-state index contributed by atoms with van der Waals surface area (Å²) in [6.07, 6.45) is 4.52. The van der Waals surface area contributed by atoms with Crippen molar-refractivity contribution in [2.45, 2.75) is 32.6 Å². The Kier molecular flexibility index (Phi) is 10.5. The minimum atomic E-state index is 0.143. The van der Waals surface area contributed by atoms with E-state index < -0.39 is 0 Å². The molecule has 4 nitrogen and oxygen atoms in total. The van der Waals surface area contributed by atoms with E-state index in [9.17, 15) is 4.79 Å². The van der Waals surface area contributed by atoms with Crippen LogP contribution in [0.3, 0.4) is 0 Å². The lowest BCUT2D eigenvalue weighted by Gasteiger charge is -2.14. The van der Waals surface area contributed by atoms with Gasteiger partial charge in [0.2, 0.25) is 5.91 Å². The molecule has 0 aromatic carbocycles. The van der Waals surface area contributed by atoms with Crippen molar-refractivity contribution in [2.24, 2.45) is 0 Å². The van der Waals surface area contributed by atoms with E-state index in [2.05, 4.69) is 22.5 Å². The van der Waals surface area contributed by atoms with Crippen LogP contribution in [0.1, 0.15) is 32.6 Å². The number of rotatable bonds is 10. The van der Waals surface area contributed by atoms with Crippen molar-refractivity contribution in [2.75, 3.05) is 40.3 Å². The molecule has 0 spiro atoms. The maximum Gasteiger partial charge on any atom is 0.234 e. The summed E-state index contributed by atoms with van der Waals surface area (Å²) < 4.78 is 0. The molecular formula is C12H27N3O. The zero-order valence-electron chi connectivity index (χ0n) is 11.0. The predicted octanol–water partition coefficient (Wildman–Crippen LogP) is 0.834. The fourth-order valence-corrected chi connectivity index (χ4v) is 1.59. The zero-order valence-corrected chi connectivity index (χ0v) is 11.0. The molecule has 0 atom stereocenters. The first-order valence-electron chi connectivity index (χ1n) is 6.30. The number of carbonyl (C=O) groups excluding carboxylic acids is 1. The lowest BCUT2D eigenvalue weighted by atomic mass is 10.2. The van der Waals surface area contributed by atoms with E-state index in [-0.39, 0.29) is 5.91 Å². The standard InChI is InChI=1S/C12H27N3O/c1-4-10-15(3)11-12(16)14-9-7-5-6-8-13-2/h13H,4-11H2,1-3H3,(H,14,16). The quantitative estimate of drug-likeness (QED) is 0.546. The highest BCUT2D eigenvalue weighted by atomic mass is 16.2. The Morgan fingerprint density at radius 3 is 2.50 bits per heavy atom. The molecule has 16 heavy (non-hydrogen) atoms. The van der Waals surface area contributed by atoms with Crippen molar-refractivity contribution >= 4 is 5.91 Å². The van der Waals surface area contributed by atoms with Crippen LogP contribution >= 0.6 is 0 Å². The molecule has 0 aromatic rings. The highest BCUT2D eigenvalue weighted by molar-refractivity contribution is 5.77. The van der Waals surface area contributed by atoms with Crippen LogP contribution in [-0.4, -0.2) is 51.1 Å². The van der Waals surface area contributed by atoms with Crippen molar-refractivity contribution in [1.29, 1.82) is 0 Å². The second-order valence-corrected chi connectivity index (χ2v) is 4.25. The monoisotopic (exact) mass is 229 g/mol. The SMILES string of the molecule is CCCN(C)CC(=O)NCCCCCNC. The van der Waals surface area contributed by atoms with Crippen molar-refractivity contribution in [1.82, 2.24) is 15.5 Å². The summed E-state index contributed by atoms with van der Waals surface area (Å²) in [6, 6.07) is 0. The Balaban J connectivity index is 3.30. The molecule has 0 fully saturated rings. The first kappa shape index (κ1) is 15.4. The highest BCUT2D eigenvalue weighted by Crippen LogP contribution is 1.92. The molecule has 0 unspecified atom stereocenters. The summed E-state index contributed by atoms with van der Waals surface area (Å²) >= 11 is 0. The van der Waals surface area contributed by atoms with Crippen LogP contribution in [0.5, 0.6) is 0 Å². The summed E-state index contributed by atoms with van der Waals surface area (Å²) in [7, 11) is 3.95. The van der Waals surface area contributed by atoms with Gasteiger partial charge in [-0.1, -0.05) is 13.3 Å². The van der Waals surface area contributed by atoms with Gasteiger partial charge < -0.3 is 10.6 Å². The van der Waals surface area contributed by atoms with Gasteiger partial charge in [-0.2, -0.15) is 0 Å². The number of carbonyl (C=O) groups is 1. The first-order valence-corrected chi connectivity index (χ1v) is 6.30. The minimum Gasteiger partial charge on any atom is -0.355 e. The van der Waals surface area contributed by atoms with E-state index in [4.69, 9.17) is 0 Å². The van der Waals surface area contributed by atoms with Gasteiger partial charge >= 0.3 is 0 Å². The first-order chi connectivity index (χ1) is 7.70. The molecule has 0 aliphatic rings. The maximum absolute atomic E-state index is 11.5. The Labute approximate surface area is 99.8 Å². The summed E-state index contributed by atoms with van der Waals surface area (Å²) in [6.45, 7) is 5.49. The summed E-state index contributed by atoms with van der Waals surface area (Å²) in [5, 5.41) is 6.06. The molecule has 0 heterocycles. The van der Waals surface area contributed by atoms with E-state index in [0.29, 0.717) is 6.54 Å². The number of likely N-dealkylation sites (N-methyl/N-ethyl adjacent to an activating group) is 1. The Morgan fingerprint density at radius 2 is 1.88 bits per heavy atom. The van der Waals surface area contributed by atoms with Crippen molar-refractivity contribution in [3.63, 3.8) is 0 Å². The van der Waals surface area contributed by atoms with Crippen LogP contribution < -0.4 is 10.6 Å². The van der Waals surface area contributed by atoms with Gasteiger partial charge in [-0.3, -0.25) is 9.69 Å². The third-order valence-electron chi connectivity index (χ3n) is 2.44. The summed E-state index contributed by atoms with van der Waals surface area (Å²) in [5.41, 5.74) is 0. The van der Waals surface area contributed by atoms with E-state index in [0.717, 1.165) is 32.5 Å². The van der Waals surface area contributed by atoms with Crippen LogP contribution in [0, 0.1) is 0 Å². The average molecular weight is 229 g/mol. The number of unbranched alkanes of at least 4 members (excludes halogenated alkanes) is 2. The van der Waals surface area contributed by atoms with Gasteiger partial charge in [0.25, 0.3) is 0 Å². The Morgan fingerprint density at radius 1 is 1.19 bits per heavy atom. The van der Waals surface area contributed by atoms with Gasteiger partial charge in [0.15, 0.2) is 0 Å². The molecular weight excluding hydrogens is 202 g/mol. The van der Waals surface area contributed by atoms with Crippen molar-refractivity contribution < 1.29 is 4.79 Å². The van der Waals surface area contributed by atoms with Gasteiger partial charge in [-0.25, -0.2) is 0 Å². The average Bonchev–Trinajstić information content (AvgIpc) is 2.23. The lowest BCUT2D eigenvalue weighted by molar-refractivity contribution is -0.121. The molecule has 0 radical (unpaired) electrons. The maximum atomic E-state index is 11.5. The number of hydrogen-bond donors (Lipinski definition) is 2. The molecule has 1 amide bonds. The Bertz CT molecular complexity index is 174. The lowest BCUT2D eigenvalue weighted by Crippen LogP contribution is -2.35. The van der Waals surface area contributed by atoms with Crippen LogP contribution in [0.4, 0.5) is 0 Å². The molecule has 2 N–H and O–H groups in total. The third-order valence-corrected chi connectivity index (χ3v) is 2.44. The smallest absolute Gasteiger partial charge is 0.234 e. The van der Waals surface area contributed by atoms with Gasteiger partial charge in [0, 0.05) is 6.54 Å². The zero-order chi connectivity index (χ0) is 12.2.